The summed E-state index contributed by atoms with van der Waals surface area (Å²) in [5, 5.41) is 15.0. The Kier molecular flexibility index (Phi) is 8.48. The predicted molar refractivity (Wildman–Crippen MR) is 120 cm³/mol. The van der Waals surface area contributed by atoms with Gasteiger partial charge in [-0.2, -0.15) is 10.1 Å². The maximum atomic E-state index is 12.2. The Morgan fingerprint density at radius 3 is 3.03 bits per heavy atom. The van der Waals surface area contributed by atoms with Gasteiger partial charge >= 0.3 is 0 Å². The van der Waals surface area contributed by atoms with Crippen LogP contribution in [0.3, 0.4) is 0 Å². The number of hydrogen-bond donors (Lipinski definition) is 4. The SMILES string of the molecule is NCCCCC=Nc1ccnc(NCCCNC(=O)c2cc(-c3cccs3)[nH]n2)n1. The first-order valence-corrected chi connectivity index (χ1v) is 10.8. The number of aromatic amines is 1. The van der Waals surface area contributed by atoms with Crippen LogP contribution in [-0.2, 0) is 0 Å². The Balaban J connectivity index is 1.36. The quantitative estimate of drug-likeness (QED) is 0.260. The van der Waals surface area contributed by atoms with E-state index in [2.05, 4.69) is 35.8 Å². The summed E-state index contributed by atoms with van der Waals surface area (Å²) in [6.07, 6.45) is 7.16. The van der Waals surface area contributed by atoms with Crippen molar-refractivity contribution in [1.29, 1.82) is 0 Å². The van der Waals surface area contributed by atoms with Crippen molar-refractivity contribution in [2.45, 2.75) is 25.7 Å². The summed E-state index contributed by atoms with van der Waals surface area (Å²) in [6.45, 7) is 1.85. The van der Waals surface area contributed by atoms with Gasteiger partial charge in [0.25, 0.3) is 5.91 Å². The highest BCUT2D eigenvalue weighted by Gasteiger charge is 2.11. The molecule has 0 atom stereocenters. The molecule has 0 radical (unpaired) electrons. The van der Waals surface area contributed by atoms with Crippen molar-refractivity contribution in [3.8, 4) is 10.6 Å². The molecule has 0 aromatic carbocycles. The lowest BCUT2D eigenvalue weighted by molar-refractivity contribution is 0.0948. The van der Waals surface area contributed by atoms with E-state index in [1.807, 2.05) is 23.7 Å². The lowest BCUT2D eigenvalue weighted by Gasteiger charge is -2.06. The molecule has 10 heteroatoms. The average molecular weight is 427 g/mol. The van der Waals surface area contributed by atoms with Crippen molar-refractivity contribution in [1.82, 2.24) is 25.5 Å². The fourth-order valence-electron chi connectivity index (χ4n) is 2.62. The zero-order chi connectivity index (χ0) is 21.0. The number of nitrogens with zero attached hydrogens (tertiary/aromatic N) is 4. The maximum absolute atomic E-state index is 12.2. The minimum atomic E-state index is -0.198. The van der Waals surface area contributed by atoms with E-state index >= 15 is 0 Å². The van der Waals surface area contributed by atoms with E-state index in [1.54, 1.807) is 29.7 Å². The molecule has 5 N–H and O–H groups in total. The Labute approximate surface area is 179 Å². The third-order valence-electron chi connectivity index (χ3n) is 4.17. The van der Waals surface area contributed by atoms with E-state index in [-0.39, 0.29) is 5.91 Å². The third-order valence-corrected chi connectivity index (χ3v) is 5.07. The van der Waals surface area contributed by atoms with Crippen LogP contribution in [-0.4, -0.2) is 51.9 Å². The Hall–Kier alpha value is -3.11. The molecule has 0 aliphatic rings. The number of amides is 1. The second-order valence-corrected chi connectivity index (χ2v) is 7.46. The topological polar surface area (TPSA) is 134 Å². The van der Waals surface area contributed by atoms with Crippen LogP contribution in [0.5, 0.6) is 0 Å². The zero-order valence-electron chi connectivity index (χ0n) is 16.7. The molecule has 0 fully saturated rings. The van der Waals surface area contributed by atoms with Crippen LogP contribution >= 0.6 is 11.3 Å². The molecule has 9 nitrogen and oxygen atoms in total. The number of carbonyl (C=O) groups is 1. The van der Waals surface area contributed by atoms with Crippen LogP contribution in [0, 0.1) is 0 Å². The molecular formula is C20H26N8OS. The van der Waals surface area contributed by atoms with Gasteiger partial charge in [-0.15, -0.1) is 11.3 Å². The Morgan fingerprint density at radius 2 is 2.20 bits per heavy atom. The number of hydrogen-bond acceptors (Lipinski definition) is 8. The number of rotatable bonds is 12. The van der Waals surface area contributed by atoms with Crippen molar-refractivity contribution >= 4 is 35.2 Å². The minimum absolute atomic E-state index is 0.198. The van der Waals surface area contributed by atoms with Crippen molar-refractivity contribution < 1.29 is 4.79 Å². The number of unbranched alkanes of at least 4 members (excludes halogenated alkanes) is 2. The number of carbonyl (C=O) groups excluding carboxylic acids is 1. The summed E-state index contributed by atoms with van der Waals surface area (Å²) in [7, 11) is 0. The number of H-pyrrole nitrogens is 1. The fraction of sp³-hybridized carbons (Fsp3) is 0.350. The minimum Gasteiger partial charge on any atom is -0.354 e. The molecule has 0 saturated heterocycles. The molecule has 3 heterocycles. The van der Waals surface area contributed by atoms with Crippen molar-refractivity contribution in [3.63, 3.8) is 0 Å². The number of aromatic nitrogens is 4. The summed E-state index contributed by atoms with van der Waals surface area (Å²) >= 11 is 1.60. The normalized spacial score (nSPS) is 11.1. The van der Waals surface area contributed by atoms with Gasteiger partial charge in [0.2, 0.25) is 5.95 Å². The van der Waals surface area contributed by atoms with E-state index in [1.165, 1.54) is 0 Å². The molecule has 1 amide bonds. The molecule has 3 aromatic rings. The highest BCUT2D eigenvalue weighted by Crippen LogP contribution is 2.22. The lowest BCUT2D eigenvalue weighted by atomic mass is 10.2. The molecule has 0 unspecified atom stereocenters. The van der Waals surface area contributed by atoms with Gasteiger partial charge in [-0.05, 0) is 49.7 Å². The van der Waals surface area contributed by atoms with Crippen LogP contribution in [0.1, 0.15) is 36.2 Å². The largest absolute Gasteiger partial charge is 0.354 e. The van der Waals surface area contributed by atoms with Gasteiger partial charge in [0.15, 0.2) is 11.5 Å². The smallest absolute Gasteiger partial charge is 0.271 e. The van der Waals surface area contributed by atoms with Gasteiger partial charge in [0.05, 0.1) is 10.6 Å². The van der Waals surface area contributed by atoms with Crippen molar-refractivity contribution in [2.24, 2.45) is 10.7 Å². The molecule has 30 heavy (non-hydrogen) atoms. The van der Waals surface area contributed by atoms with E-state index in [4.69, 9.17) is 5.73 Å². The summed E-state index contributed by atoms with van der Waals surface area (Å²) in [6, 6.07) is 7.47. The molecule has 0 aliphatic heterocycles. The van der Waals surface area contributed by atoms with E-state index < -0.39 is 0 Å². The molecule has 3 rings (SSSR count). The van der Waals surface area contributed by atoms with Crippen LogP contribution in [0.15, 0.2) is 40.8 Å². The number of nitrogens with two attached hydrogens (primary N) is 1. The van der Waals surface area contributed by atoms with Crippen LogP contribution in [0.2, 0.25) is 0 Å². The Bertz CT molecular complexity index is 938. The first kappa shape index (κ1) is 21.6. The molecule has 0 aliphatic carbocycles. The van der Waals surface area contributed by atoms with E-state index in [0.717, 1.165) is 36.3 Å². The van der Waals surface area contributed by atoms with E-state index in [0.29, 0.717) is 37.1 Å². The highest BCUT2D eigenvalue weighted by molar-refractivity contribution is 7.13. The number of anilines is 1. The number of thiophene rings is 1. The average Bonchev–Trinajstić information content (AvgIpc) is 3.45. The van der Waals surface area contributed by atoms with Crippen LogP contribution < -0.4 is 16.4 Å². The molecule has 158 valence electrons. The van der Waals surface area contributed by atoms with Gasteiger partial charge in [0, 0.05) is 31.6 Å². The fourth-order valence-corrected chi connectivity index (χ4v) is 3.31. The highest BCUT2D eigenvalue weighted by atomic mass is 32.1. The van der Waals surface area contributed by atoms with Gasteiger partial charge in [-0.1, -0.05) is 6.07 Å². The zero-order valence-corrected chi connectivity index (χ0v) is 17.5. The van der Waals surface area contributed by atoms with Gasteiger partial charge in [-0.3, -0.25) is 9.89 Å². The number of aliphatic imine (C=N–C) groups is 1. The molecule has 3 aromatic heterocycles. The maximum Gasteiger partial charge on any atom is 0.271 e. The molecular weight excluding hydrogens is 400 g/mol. The first-order chi connectivity index (χ1) is 14.8. The summed E-state index contributed by atoms with van der Waals surface area (Å²) in [5.41, 5.74) is 6.70. The number of nitrogens with one attached hydrogen (secondary N) is 3. The third kappa shape index (κ3) is 6.75. The van der Waals surface area contributed by atoms with Gasteiger partial charge < -0.3 is 16.4 Å². The summed E-state index contributed by atoms with van der Waals surface area (Å²) < 4.78 is 0. The summed E-state index contributed by atoms with van der Waals surface area (Å²) in [4.78, 5) is 26.1. The molecule has 0 saturated carbocycles. The van der Waals surface area contributed by atoms with Gasteiger partial charge in [0.1, 0.15) is 0 Å². The lowest BCUT2D eigenvalue weighted by Crippen LogP contribution is -2.26. The Morgan fingerprint density at radius 1 is 1.27 bits per heavy atom. The molecule has 0 spiro atoms. The summed E-state index contributed by atoms with van der Waals surface area (Å²) in [5.74, 6) is 0.940. The van der Waals surface area contributed by atoms with Crippen molar-refractivity contribution in [2.75, 3.05) is 25.0 Å². The van der Waals surface area contributed by atoms with Crippen molar-refractivity contribution in [3.05, 3.63) is 41.5 Å². The standard InChI is InChI=1S/C20H26N8OS/c21-8-2-1-3-9-22-18-7-12-25-20(26-18)24-11-5-10-23-19(29)16-14-15(27-28-16)17-6-4-13-30-17/h4,6-7,9,12-14H,1-3,5,8,10-11,21H2,(H,23,29)(H,27,28)(H,24,25,26). The first-order valence-electron chi connectivity index (χ1n) is 9.93. The van der Waals surface area contributed by atoms with E-state index in [9.17, 15) is 4.79 Å². The van der Waals surface area contributed by atoms with Gasteiger partial charge in [-0.25, -0.2) is 9.98 Å². The monoisotopic (exact) mass is 426 g/mol. The second kappa shape index (κ2) is 11.8. The van der Waals surface area contributed by atoms with Crippen LogP contribution in [0.25, 0.3) is 10.6 Å². The van der Waals surface area contributed by atoms with Crippen LogP contribution in [0.4, 0.5) is 11.8 Å². The second-order valence-electron chi connectivity index (χ2n) is 6.51. The molecule has 0 bridgehead atoms. The predicted octanol–water partition coefficient (Wildman–Crippen LogP) is 2.99.